The minimum atomic E-state index is -0.937. The molecule has 6 heteroatoms. The predicted octanol–water partition coefficient (Wildman–Crippen LogP) is 1.87. The van der Waals surface area contributed by atoms with Crippen LogP contribution in [0.15, 0.2) is 18.3 Å². The van der Waals surface area contributed by atoms with Crippen LogP contribution in [-0.2, 0) is 6.42 Å². The van der Waals surface area contributed by atoms with Crippen LogP contribution < -0.4 is 0 Å². The van der Waals surface area contributed by atoms with E-state index in [1.54, 1.807) is 18.3 Å². The Balaban J connectivity index is 1.91. The van der Waals surface area contributed by atoms with Crippen molar-refractivity contribution in [2.75, 3.05) is 5.75 Å². The highest BCUT2D eigenvalue weighted by atomic mass is 32.2. The van der Waals surface area contributed by atoms with Crippen LogP contribution in [0.4, 0.5) is 0 Å². The normalized spacial score (nSPS) is 19.4. The Kier molecular flexibility index (Phi) is 2.95. The molecule has 5 nitrogen and oxygen atoms in total. The van der Waals surface area contributed by atoms with Gasteiger partial charge in [-0.15, -0.1) is 10.2 Å². The van der Waals surface area contributed by atoms with Gasteiger partial charge in [0.05, 0.1) is 5.56 Å². The topological polar surface area (TPSA) is 67.5 Å². The summed E-state index contributed by atoms with van der Waals surface area (Å²) in [7, 11) is 0. The summed E-state index contributed by atoms with van der Waals surface area (Å²) in [6.07, 6.45) is 5.15. The minimum absolute atomic E-state index is 0.247. The number of aromatic nitrogens is 3. The van der Waals surface area contributed by atoms with E-state index in [-0.39, 0.29) is 5.56 Å². The average molecular weight is 263 g/mol. The summed E-state index contributed by atoms with van der Waals surface area (Å²) in [5.41, 5.74) is 0.851. The van der Waals surface area contributed by atoms with E-state index in [9.17, 15) is 4.79 Å². The molecule has 3 rings (SSSR count). The Bertz CT molecular complexity index is 590. The van der Waals surface area contributed by atoms with Gasteiger partial charge in [0.25, 0.3) is 0 Å². The second kappa shape index (κ2) is 4.61. The third kappa shape index (κ3) is 2.08. The maximum absolute atomic E-state index is 10.9. The smallest absolute Gasteiger partial charge is 0.335 e. The lowest BCUT2D eigenvalue weighted by Gasteiger charge is -2.06. The second-order valence-electron chi connectivity index (χ2n) is 4.40. The van der Waals surface area contributed by atoms with Crippen molar-refractivity contribution in [2.45, 2.75) is 24.5 Å². The lowest BCUT2D eigenvalue weighted by atomic mass is 10.2. The SMILES string of the molecule is O=C(O)c1ccn2c(CC3CCCS3)nnc2c1. The molecule has 1 aliphatic rings. The van der Waals surface area contributed by atoms with Crippen molar-refractivity contribution in [2.24, 2.45) is 0 Å². The van der Waals surface area contributed by atoms with Crippen molar-refractivity contribution in [3.05, 3.63) is 29.7 Å². The van der Waals surface area contributed by atoms with Gasteiger partial charge in [0, 0.05) is 17.9 Å². The van der Waals surface area contributed by atoms with Crippen molar-refractivity contribution in [1.29, 1.82) is 0 Å². The molecule has 3 heterocycles. The molecule has 0 bridgehead atoms. The van der Waals surface area contributed by atoms with E-state index in [0.717, 1.165) is 12.2 Å². The van der Waals surface area contributed by atoms with Gasteiger partial charge in [0.15, 0.2) is 5.65 Å². The van der Waals surface area contributed by atoms with Gasteiger partial charge in [-0.2, -0.15) is 11.8 Å². The molecule has 1 saturated heterocycles. The third-order valence-electron chi connectivity index (χ3n) is 3.16. The molecule has 0 amide bonds. The van der Waals surface area contributed by atoms with E-state index in [2.05, 4.69) is 10.2 Å². The largest absolute Gasteiger partial charge is 0.478 e. The van der Waals surface area contributed by atoms with Crippen molar-refractivity contribution in [3.8, 4) is 0 Å². The number of thioether (sulfide) groups is 1. The van der Waals surface area contributed by atoms with E-state index in [1.165, 1.54) is 18.6 Å². The molecule has 0 saturated carbocycles. The van der Waals surface area contributed by atoms with Crippen LogP contribution >= 0.6 is 11.8 Å². The van der Waals surface area contributed by atoms with Crippen molar-refractivity contribution in [3.63, 3.8) is 0 Å². The van der Waals surface area contributed by atoms with Gasteiger partial charge in [-0.3, -0.25) is 4.40 Å². The standard InChI is InChI=1S/C12H13N3O2S/c16-12(17)8-3-4-15-10(6-8)13-14-11(15)7-9-2-1-5-18-9/h3-4,6,9H,1-2,5,7H2,(H,16,17). The Morgan fingerprint density at radius 2 is 2.44 bits per heavy atom. The zero-order valence-electron chi connectivity index (χ0n) is 9.74. The molecule has 18 heavy (non-hydrogen) atoms. The lowest BCUT2D eigenvalue weighted by molar-refractivity contribution is 0.0697. The monoisotopic (exact) mass is 263 g/mol. The predicted molar refractivity (Wildman–Crippen MR) is 69.1 cm³/mol. The number of fused-ring (bicyclic) bond motifs is 1. The summed E-state index contributed by atoms with van der Waals surface area (Å²) in [6, 6.07) is 3.14. The van der Waals surface area contributed by atoms with Crippen LogP contribution in [0.1, 0.15) is 29.0 Å². The van der Waals surface area contributed by atoms with Crippen LogP contribution in [0.25, 0.3) is 5.65 Å². The first kappa shape index (κ1) is 11.5. The van der Waals surface area contributed by atoms with E-state index in [0.29, 0.717) is 10.9 Å². The summed E-state index contributed by atoms with van der Waals surface area (Å²) in [4.78, 5) is 10.9. The summed E-state index contributed by atoms with van der Waals surface area (Å²) in [6.45, 7) is 0. The van der Waals surface area contributed by atoms with E-state index >= 15 is 0 Å². The molecular weight excluding hydrogens is 250 g/mol. The molecule has 94 valence electrons. The number of aromatic carboxylic acids is 1. The molecule has 2 aromatic heterocycles. The van der Waals surface area contributed by atoms with Crippen LogP contribution in [-0.4, -0.2) is 36.7 Å². The number of hydrogen-bond donors (Lipinski definition) is 1. The zero-order valence-corrected chi connectivity index (χ0v) is 10.6. The van der Waals surface area contributed by atoms with Gasteiger partial charge < -0.3 is 5.11 Å². The van der Waals surface area contributed by atoms with Crippen LogP contribution in [0.5, 0.6) is 0 Å². The van der Waals surface area contributed by atoms with E-state index < -0.39 is 5.97 Å². The minimum Gasteiger partial charge on any atom is -0.478 e. The zero-order chi connectivity index (χ0) is 12.5. The summed E-state index contributed by atoms with van der Waals surface area (Å²) in [5.74, 6) is 1.21. The molecule has 1 fully saturated rings. The lowest BCUT2D eigenvalue weighted by Crippen LogP contribution is -2.06. The molecule has 0 aliphatic carbocycles. The first-order valence-corrected chi connectivity index (χ1v) is 6.97. The number of nitrogens with zero attached hydrogens (tertiary/aromatic N) is 3. The first-order valence-electron chi connectivity index (χ1n) is 5.92. The van der Waals surface area contributed by atoms with Gasteiger partial charge in [0.2, 0.25) is 0 Å². The number of carbonyl (C=O) groups is 1. The number of carboxylic acids is 1. The Morgan fingerprint density at radius 1 is 1.56 bits per heavy atom. The van der Waals surface area contributed by atoms with Crippen LogP contribution in [0.3, 0.4) is 0 Å². The molecule has 1 atom stereocenters. The summed E-state index contributed by atoms with van der Waals surface area (Å²) < 4.78 is 1.88. The molecule has 1 N–H and O–H groups in total. The van der Waals surface area contributed by atoms with E-state index in [1.807, 2.05) is 16.2 Å². The fraction of sp³-hybridized carbons (Fsp3) is 0.417. The second-order valence-corrected chi connectivity index (χ2v) is 5.81. The molecule has 2 aromatic rings. The Hall–Kier alpha value is -1.56. The fourth-order valence-corrected chi connectivity index (χ4v) is 3.49. The number of hydrogen-bond acceptors (Lipinski definition) is 4. The number of pyridine rings is 1. The Morgan fingerprint density at radius 3 is 3.17 bits per heavy atom. The molecule has 0 aromatic carbocycles. The molecule has 0 radical (unpaired) electrons. The van der Waals surface area contributed by atoms with Crippen LogP contribution in [0, 0.1) is 0 Å². The third-order valence-corrected chi connectivity index (χ3v) is 4.56. The molecule has 0 spiro atoms. The molecule has 1 unspecified atom stereocenters. The summed E-state index contributed by atoms with van der Waals surface area (Å²) >= 11 is 1.98. The van der Waals surface area contributed by atoms with Gasteiger partial charge >= 0.3 is 5.97 Å². The fourth-order valence-electron chi connectivity index (χ4n) is 2.22. The van der Waals surface area contributed by atoms with Gasteiger partial charge in [0.1, 0.15) is 5.82 Å². The van der Waals surface area contributed by atoms with Crippen molar-refractivity contribution in [1.82, 2.24) is 14.6 Å². The first-order chi connectivity index (χ1) is 8.74. The van der Waals surface area contributed by atoms with Gasteiger partial charge in [-0.25, -0.2) is 4.79 Å². The highest BCUT2D eigenvalue weighted by molar-refractivity contribution is 8.00. The van der Waals surface area contributed by atoms with Crippen molar-refractivity contribution >= 4 is 23.4 Å². The van der Waals surface area contributed by atoms with Gasteiger partial charge in [-0.05, 0) is 30.7 Å². The highest BCUT2D eigenvalue weighted by Gasteiger charge is 2.19. The number of carboxylic acid groups (broad SMARTS) is 1. The maximum Gasteiger partial charge on any atom is 0.335 e. The molecular formula is C12H13N3O2S. The molecule has 1 aliphatic heterocycles. The number of rotatable bonds is 3. The highest BCUT2D eigenvalue weighted by Crippen LogP contribution is 2.28. The van der Waals surface area contributed by atoms with Crippen molar-refractivity contribution < 1.29 is 9.90 Å². The quantitative estimate of drug-likeness (QED) is 0.915. The van der Waals surface area contributed by atoms with E-state index in [4.69, 9.17) is 5.11 Å². The van der Waals surface area contributed by atoms with Crippen LogP contribution in [0.2, 0.25) is 0 Å². The average Bonchev–Trinajstić information content (AvgIpc) is 2.99. The Labute approximate surface area is 108 Å². The summed E-state index contributed by atoms with van der Waals surface area (Å²) in [5, 5.41) is 17.8. The van der Waals surface area contributed by atoms with Gasteiger partial charge in [-0.1, -0.05) is 0 Å². The maximum atomic E-state index is 10.9.